The average Bonchev–Trinajstić information content (AvgIpc) is 2.69. The molecule has 88 valence electrons. The molecular weight excluding hydrogens is 202 g/mol. The lowest BCUT2D eigenvalue weighted by Crippen LogP contribution is -2.35. The molecule has 2 rings (SSSR count). The molecule has 1 aliphatic carbocycles. The predicted molar refractivity (Wildman–Crippen MR) is 60.7 cm³/mol. The van der Waals surface area contributed by atoms with Crippen LogP contribution < -0.4 is 5.32 Å². The van der Waals surface area contributed by atoms with Crippen molar-refractivity contribution in [2.24, 2.45) is 5.92 Å². The van der Waals surface area contributed by atoms with Gasteiger partial charge in [0, 0.05) is 13.1 Å². The van der Waals surface area contributed by atoms with Gasteiger partial charge in [0.2, 0.25) is 0 Å². The first-order chi connectivity index (χ1) is 7.81. The fraction of sp³-hybridized carbons (Fsp3) is 0.833. The van der Waals surface area contributed by atoms with Gasteiger partial charge in [-0.3, -0.25) is 0 Å². The number of hydrogen-bond donors (Lipinski definition) is 1. The molecule has 0 aromatic rings. The minimum absolute atomic E-state index is 0.0193. The van der Waals surface area contributed by atoms with Crippen LogP contribution in [0, 0.1) is 17.2 Å². The SMILES string of the molecule is N#CCCN1CC(C2CCCCC2)NC1=O. The van der Waals surface area contributed by atoms with Crippen LogP contribution in [0.1, 0.15) is 38.5 Å². The molecule has 4 heteroatoms. The molecule has 2 amide bonds. The molecule has 4 nitrogen and oxygen atoms in total. The molecule has 1 atom stereocenters. The molecule has 0 spiro atoms. The lowest BCUT2D eigenvalue weighted by molar-refractivity contribution is 0.218. The molecule has 2 aliphatic rings. The van der Waals surface area contributed by atoms with Crippen LogP contribution in [-0.4, -0.2) is 30.1 Å². The number of nitrogens with zero attached hydrogens (tertiary/aromatic N) is 2. The maximum absolute atomic E-state index is 11.6. The van der Waals surface area contributed by atoms with Crippen molar-refractivity contribution in [2.75, 3.05) is 13.1 Å². The third kappa shape index (κ3) is 2.46. The molecule has 1 saturated carbocycles. The first-order valence-electron chi connectivity index (χ1n) is 6.23. The zero-order chi connectivity index (χ0) is 11.4. The van der Waals surface area contributed by atoms with Gasteiger partial charge in [0.1, 0.15) is 0 Å². The Balaban J connectivity index is 1.85. The molecular formula is C12H19N3O. The number of rotatable bonds is 3. The molecule has 1 saturated heterocycles. The summed E-state index contributed by atoms with van der Waals surface area (Å²) >= 11 is 0. The van der Waals surface area contributed by atoms with Crippen LogP contribution >= 0.6 is 0 Å². The molecule has 0 radical (unpaired) electrons. The van der Waals surface area contributed by atoms with E-state index in [1.54, 1.807) is 4.90 Å². The lowest BCUT2D eigenvalue weighted by Gasteiger charge is -2.26. The third-order valence-electron chi connectivity index (χ3n) is 3.73. The van der Waals surface area contributed by atoms with E-state index in [0.29, 0.717) is 24.9 Å². The van der Waals surface area contributed by atoms with Gasteiger partial charge in [0.05, 0.1) is 18.5 Å². The van der Waals surface area contributed by atoms with E-state index in [9.17, 15) is 4.79 Å². The van der Waals surface area contributed by atoms with Crippen molar-refractivity contribution < 1.29 is 4.79 Å². The van der Waals surface area contributed by atoms with Crippen molar-refractivity contribution >= 4 is 6.03 Å². The van der Waals surface area contributed by atoms with Gasteiger partial charge in [-0.1, -0.05) is 19.3 Å². The topological polar surface area (TPSA) is 56.1 Å². The van der Waals surface area contributed by atoms with Crippen LogP contribution in [0.25, 0.3) is 0 Å². The van der Waals surface area contributed by atoms with E-state index in [1.165, 1.54) is 32.1 Å². The summed E-state index contributed by atoms with van der Waals surface area (Å²) in [5.41, 5.74) is 0. The highest BCUT2D eigenvalue weighted by Gasteiger charge is 2.34. The second-order valence-electron chi connectivity index (χ2n) is 4.81. The van der Waals surface area contributed by atoms with Crippen molar-refractivity contribution in [2.45, 2.75) is 44.6 Å². The minimum Gasteiger partial charge on any atom is -0.333 e. The molecule has 1 N–H and O–H groups in total. The van der Waals surface area contributed by atoms with E-state index < -0.39 is 0 Å². The Kier molecular flexibility index (Phi) is 3.66. The van der Waals surface area contributed by atoms with Gasteiger partial charge in [-0.2, -0.15) is 5.26 Å². The highest BCUT2D eigenvalue weighted by Crippen LogP contribution is 2.28. The zero-order valence-electron chi connectivity index (χ0n) is 9.61. The Morgan fingerprint density at radius 3 is 2.81 bits per heavy atom. The molecule has 2 fully saturated rings. The second-order valence-corrected chi connectivity index (χ2v) is 4.81. The smallest absolute Gasteiger partial charge is 0.317 e. The van der Waals surface area contributed by atoms with Crippen LogP contribution in [0.5, 0.6) is 0 Å². The summed E-state index contributed by atoms with van der Waals surface area (Å²) in [6, 6.07) is 2.43. The number of nitrogens with one attached hydrogen (secondary N) is 1. The summed E-state index contributed by atoms with van der Waals surface area (Å²) in [5, 5.41) is 11.6. The largest absolute Gasteiger partial charge is 0.333 e. The minimum atomic E-state index is 0.0193. The number of urea groups is 1. The van der Waals surface area contributed by atoms with Gasteiger partial charge < -0.3 is 10.2 Å². The number of amides is 2. The Morgan fingerprint density at radius 2 is 2.12 bits per heavy atom. The van der Waals surface area contributed by atoms with Crippen LogP contribution in [0.2, 0.25) is 0 Å². The molecule has 1 heterocycles. The van der Waals surface area contributed by atoms with E-state index >= 15 is 0 Å². The van der Waals surface area contributed by atoms with E-state index in [4.69, 9.17) is 5.26 Å². The maximum atomic E-state index is 11.6. The number of hydrogen-bond acceptors (Lipinski definition) is 2. The van der Waals surface area contributed by atoms with Crippen molar-refractivity contribution in [3.8, 4) is 6.07 Å². The summed E-state index contributed by atoms with van der Waals surface area (Å²) in [4.78, 5) is 13.4. The lowest BCUT2D eigenvalue weighted by atomic mass is 9.84. The van der Waals surface area contributed by atoms with E-state index in [2.05, 4.69) is 11.4 Å². The molecule has 0 aromatic carbocycles. The van der Waals surface area contributed by atoms with Gasteiger partial charge in [-0.05, 0) is 18.8 Å². The number of nitriles is 1. The van der Waals surface area contributed by atoms with E-state index in [1.807, 2.05) is 0 Å². The Morgan fingerprint density at radius 1 is 1.38 bits per heavy atom. The Labute approximate surface area is 96.6 Å². The zero-order valence-corrected chi connectivity index (χ0v) is 9.61. The van der Waals surface area contributed by atoms with Crippen molar-refractivity contribution in [1.29, 1.82) is 5.26 Å². The fourth-order valence-electron chi connectivity index (χ4n) is 2.80. The van der Waals surface area contributed by atoms with Gasteiger partial charge in [0.25, 0.3) is 0 Å². The van der Waals surface area contributed by atoms with Crippen molar-refractivity contribution in [3.63, 3.8) is 0 Å². The summed E-state index contributed by atoms with van der Waals surface area (Å²) < 4.78 is 0. The highest BCUT2D eigenvalue weighted by atomic mass is 16.2. The van der Waals surface area contributed by atoms with Gasteiger partial charge in [0.15, 0.2) is 0 Å². The summed E-state index contributed by atoms with van der Waals surface area (Å²) in [7, 11) is 0. The first kappa shape index (κ1) is 11.3. The van der Waals surface area contributed by atoms with Gasteiger partial charge >= 0.3 is 6.03 Å². The van der Waals surface area contributed by atoms with Gasteiger partial charge in [-0.15, -0.1) is 0 Å². The predicted octanol–water partition coefficient (Wildman–Crippen LogP) is 1.87. The van der Waals surface area contributed by atoms with Crippen LogP contribution in [0.15, 0.2) is 0 Å². The standard InChI is InChI=1S/C12H19N3O/c13-7-4-8-15-9-11(14-12(15)16)10-5-2-1-3-6-10/h10-11H,1-6,8-9H2,(H,14,16). The van der Waals surface area contributed by atoms with Crippen LogP contribution in [0.4, 0.5) is 4.79 Å². The quantitative estimate of drug-likeness (QED) is 0.791. The molecule has 1 aliphatic heterocycles. The maximum Gasteiger partial charge on any atom is 0.317 e. The Hall–Kier alpha value is -1.24. The molecule has 1 unspecified atom stereocenters. The third-order valence-corrected chi connectivity index (χ3v) is 3.73. The van der Waals surface area contributed by atoms with Crippen molar-refractivity contribution in [3.05, 3.63) is 0 Å². The van der Waals surface area contributed by atoms with E-state index in [-0.39, 0.29) is 6.03 Å². The average molecular weight is 221 g/mol. The fourth-order valence-corrected chi connectivity index (χ4v) is 2.80. The summed E-state index contributed by atoms with van der Waals surface area (Å²) in [6.45, 7) is 1.37. The first-order valence-corrected chi connectivity index (χ1v) is 6.23. The van der Waals surface area contributed by atoms with Gasteiger partial charge in [-0.25, -0.2) is 4.79 Å². The normalized spacial score (nSPS) is 26.6. The van der Waals surface area contributed by atoms with E-state index in [0.717, 1.165) is 6.54 Å². The molecule has 0 bridgehead atoms. The molecule has 16 heavy (non-hydrogen) atoms. The number of carbonyl (C=O) groups is 1. The number of carbonyl (C=O) groups excluding carboxylic acids is 1. The Bertz CT molecular complexity index is 291. The summed E-state index contributed by atoms with van der Waals surface area (Å²) in [5.74, 6) is 0.657. The second kappa shape index (κ2) is 5.20. The van der Waals surface area contributed by atoms with Crippen molar-refractivity contribution in [1.82, 2.24) is 10.2 Å². The molecule has 0 aromatic heterocycles. The summed E-state index contributed by atoms with van der Waals surface area (Å²) in [6.07, 6.45) is 6.87. The highest BCUT2D eigenvalue weighted by molar-refractivity contribution is 5.76. The van der Waals surface area contributed by atoms with Crippen LogP contribution in [0.3, 0.4) is 0 Å². The van der Waals surface area contributed by atoms with Crippen LogP contribution in [-0.2, 0) is 0 Å². The monoisotopic (exact) mass is 221 g/mol.